The Hall–Kier alpha value is -1.79. The van der Waals surface area contributed by atoms with Crippen molar-refractivity contribution in [2.24, 2.45) is 17.4 Å². The van der Waals surface area contributed by atoms with E-state index in [2.05, 4.69) is 10.6 Å². The summed E-state index contributed by atoms with van der Waals surface area (Å²) in [5, 5.41) is 5.53. The van der Waals surface area contributed by atoms with Crippen LogP contribution in [0.3, 0.4) is 0 Å². The highest BCUT2D eigenvalue weighted by Crippen LogP contribution is 2.26. The van der Waals surface area contributed by atoms with Crippen molar-refractivity contribution in [3.8, 4) is 0 Å². The largest absolute Gasteiger partial charge is 0.351 e. The number of benzene rings is 1. The molecule has 0 heterocycles. The van der Waals surface area contributed by atoms with Gasteiger partial charge in [-0.25, -0.2) is 4.79 Å². The van der Waals surface area contributed by atoms with Crippen molar-refractivity contribution >= 4 is 30.0 Å². The molecule has 1 aliphatic carbocycles. The zero-order valence-electron chi connectivity index (χ0n) is 14.0. The lowest BCUT2D eigenvalue weighted by Gasteiger charge is -2.28. The summed E-state index contributed by atoms with van der Waals surface area (Å²) in [4.78, 5) is 23.0. The third kappa shape index (κ3) is 6.02. The van der Waals surface area contributed by atoms with Crippen molar-refractivity contribution < 1.29 is 9.59 Å². The Bertz CT molecular complexity index is 550. The lowest BCUT2D eigenvalue weighted by atomic mass is 9.83. The molecule has 1 aromatic rings. The van der Waals surface area contributed by atoms with E-state index in [0.29, 0.717) is 12.1 Å². The molecular weight excluding hydrogens is 328 g/mol. The van der Waals surface area contributed by atoms with E-state index in [0.717, 1.165) is 24.8 Å². The summed E-state index contributed by atoms with van der Waals surface area (Å²) in [6, 6.07) is 6.71. The molecule has 134 valence electrons. The molecule has 0 aliphatic heterocycles. The molecule has 0 radical (unpaired) electrons. The minimum Gasteiger partial charge on any atom is -0.351 e. The van der Waals surface area contributed by atoms with E-state index in [1.165, 1.54) is 6.42 Å². The maximum Gasteiger partial charge on any atom is 0.316 e. The number of nitrogens with one attached hydrogen (secondary N) is 2. The van der Waals surface area contributed by atoms with Crippen LogP contribution in [0, 0.1) is 5.92 Å². The Morgan fingerprint density at radius 1 is 1.21 bits per heavy atom. The number of primary amides is 1. The molecule has 0 bridgehead atoms. The molecule has 0 aromatic heterocycles. The van der Waals surface area contributed by atoms with E-state index >= 15 is 0 Å². The third-order valence-electron chi connectivity index (χ3n) is 4.47. The van der Waals surface area contributed by atoms with Crippen LogP contribution in [0.4, 0.5) is 10.5 Å². The molecule has 6 nitrogen and oxygen atoms in total. The Balaban J connectivity index is 0.00000288. The summed E-state index contributed by atoms with van der Waals surface area (Å²) < 4.78 is 0. The summed E-state index contributed by atoms with van der Waals surface area (Å²) in [5.41, 5.74) is 12.8. The van der Waals surface area contributed by atoms with Gasteiger partial charge in [0.25, 0.3) is 0 Å². The van der Waals surface area contributed by atoms with Gasteiger partial charge in [0.15, 0.2) is 0 Å². The smallest absolute Gasteiger partial charge is 0.316 e. The monoisotopic (exact) mass is 354 g/mol. The maximum absolute atomic E-state index is 12.2. The molecule has 2 rings (SSSR count). The van der Waals surface area contributed by atoms with Gasteiger partial charge in [0, 0.05) is 18.2 Å². The first kappa shape index (κ1) is 20.3. The van der Waals surface area contributed by atoms with E-state index in [1.54, 1.807) is 12.1 Å². The first-order valence-corrected chi connectivity index (χ1v) is 8.17. The van der Waals surface area contributed by atoms with Crippen LogP contribution in [-0.4, -0.2) is 18.0 Å². The highest BCUT2D eigenvalue weighted by Gasteiger charge is 2.24. The summed E-state index contributed by atoms with van der Waals surface area (Å²) in [6.07, 6.45) is 4.88. The van der Waals surface area contributed by atoms with Crippen molar-refractivity contribution in [1.29, 1.82) is 0 Å². The van der Waals surface area contributed by atoms with Gasteiger partial charge in [-0.15, -0.1) is 12.4 Å². The van der Waals surface area contributed by atoms with Crippen LogP contribution in [0.25, 0.3) is 0 Å². The number of halogens is 1. The van der Waals surface area contributed by atoms with Gasteiger partial charge < -0.3 is 22.1 Å². The molecular formula is C17H27ClN4O2. The van der Waals surface area contributed by atoms with Crippen LogP contribution < -0.4 is 22.1 Å². The fourth-order valence-corrected chi connectivity index (χ4v) is 3.11. The normalized spacial score (nSPS) is 21.2. The van der Waals surface area contributed by atoms with E-state index in [-0.39, 0.29) is 36.3 Å². The number of hydrogen-bond donors (Lipinski definition) is 4. The summed E-state index contributed by atoms with van der Waals surface area (Å²) in [5.74, 6) is 0.331. The number of hydrogen-bond acceptors (Lipinski definition) is 3. The van der Waals surface area contributed by atoms with E-state index in [9.17, 15) is 9.59 Å². The first-order valence-electron chi connectivity index (χ1n) is 8.17. The molecule has 24 heavy (non-hydrogen) atoms. The van der Waals surface area contributed by atoms with Crippen LogP contribution in [0.1, 0.15) is 50.6 Å². The number of anilines is 1. The van der Waals surface area contributed by atoms with Gasteiger partial charge in [-0.3, -0.25) is 4.79 Å². The fourth-order valence-electron chi connectivity index (χ4n) is 3.11. The van der Waals surface area contributed by atoms with Gasteiger partial charge in [0.2, 0.25) is 5.91 Å². The second kappa shape index (κ2) is 9.49. The number of nitrogens with two attached hydrogens (primary N) is 2. The number of urea groups is 1. The van der Waals surface area contributed by atoms with E-state index in [1.807, 2.05) is 19.1 Å². The summed E-state index contributed by atoms with van der Waals surface area (Å²) in [7, 11) is 0. The zero-order chi connectivity index (χ0) is 16.8. The van der Waals surface area contributed by atoms with Crippen molar-refractivity contribution in [2.45, 2.75) is 51.1 Å². The quantitative estimate of drug-likeness (QED) is 0.652. The van der Waals surface area contributed by atoms with Gasteiger partial charge in [0.05, 0.1) is 6.04 Å². The Labute approximate surface area is 149 Å². The minimum atomic E-state index is -0.595. The Morgan fingerprint density at radius 2 is 1.83 bits per heavy atom. The Morgan fingerprint density at radius 3 is 2.42 bits per heavy atom. The standard InChI is InChI=1S/C17H26N4O2.ClH/c1-11(12-6-8-14(9-7-12)21-17(19)23)20-16(22)10-13-4-2-3-5-15(13)18;/h6-9,11,13,15H,2-5,10,18H2,1H3,(H,20,22)(H3,19,21,23);1H. The molecule has 3 amide bonds. The number of amides is 3. The predicted molar refractivity (Wildman–Crippen MR) is 98.0 cm³/mol. The number of carbonyl (C=O) groups excluding carboxylic acids is 2. The van der Waals surface area contributed by atoms with Gasteiger partial charge in [0.1, 0.15) is 0 Å². The fraction of sp³-hybridized carbons (Fsp3) is 0.529. The third-order valence-corrected chi connectivity index (χ3v) is 4.47. The van der Waals surface area contributed by atoms with Crippen molar-refractivity contribution in [3.63, 3.8) is 0 Å². The summed E-state index contributed by atoms with van der Waals surface area (Å²) >= 11 is 0. The highest BCUT2D eigenvalue weighted by molar-refractivity contribution is 5.87. The summed E-state index contributed by atoms with van der Waals surface area (Å²) in [6.45, 7) is 1.94. The number of rotatable bonds is 5. The average Bonchev–Trinajstić information content (AvgIpc) is 2.49. The molecule has 0 spiro atoms. The second-order valence-corrected chi connectivity index (χ2v) is 6.31. The number of carbonyl (C=O) groups is 2. The topological polar surface area (TPSA) is 110 Å². The maximum atomic E-state index is 12.2. The molecule has 0 saturated heterocycles. The Kier molecular flexibility index (Phi) is 8.01. The molecule has 1 saturated carbocycles. The molecule has 1 aliphatic rings. The molecule has 6 N–H and O–H groups in total. The first-order chi connectivity index (χ1) is 11.0. The average molecular weight is 355 g/mol. The van der Waals surface area contributed by atoms with Crippen LogP contribution in [0.5, 0.6) is 0 Å². The van der Waals surface area contributed by atoms with Crippen LogP contribution >= 0.6 is 12.4 Å². The van der Waals surface area contributed by atoms with Gasteiger partial charge in [-0.2, -0.15) is 0 Å². The highest BCUT2D eigenvalue weighted by atomic mass is 35.5. The van der Waals surface area contributed by atoms with Crippen LogP contribution in [0.2, 0.25) is 0 Å². The van der Waals surface area contributed by atoms with E-state index < -0.39 is 6.03 Å². The van der Waals surface area contributed by atoms with Crippen molar-refractivity contribution in [3.05, 3.63) is 29.8 Å². The van der Waals surface area contributed by atoms with E-state index in [4.69, 9.17) is 11.5 Å². The second-order valence-electron chi connectivity index (χ2n) is 6.31. The molecule has 3 atom stereocenters. The zero-order valence-corrected chi connectivity index (χ0v) is 14.8. The van der Waals surface area contributed by atoms with Gasteiger partial charge >= 0.3 is 6.03 Å². The molecule has 1 fully saturated rings. The predicted octanol–water partition coefficient (Wildman–Crippen LogP) is 2.68. The molecule has 1 aromatic carbocycles. The van der Waals surface area contributed by atoms with Gasteiger partial charge in [-0.05, 0) is 43.4 Å². The minimum absolute atomic E-state index is 0. The lowest BCUT2D eigenvalue weighted by Crippen LogP contribution is -2.37. The van der Waals surface area contributed by atoms with Crippen molar-refractivity contribution in [2.75, 3.05) is 5.32 Å². The SMILES string of the molecule is CC(NC(=O)CC1CCCCC1N)c1ccc(NC(N)=O)cc1.Cl. The van der Waals surface area contributed by atoms with Crippen molar-refractivity contribution in [1.82, 2.24) is 5.32 Å². The molecule has 3 unspecified atom stereocenters. The van der Waals surface area contributed by atoms with Crippen LogP contribution in [0.15, 0.2) is 24.3 Å². The van der Waals surface area contributed by atoms with Gasteiger partial charge in [-0.1, -0.05) is 25.0 Å². The molecule has 7 heteroatoms. The van der Waals surface area contributed by atoms with Crippen LogP contribution in [-0.2, 0) is 4.79 Å². The lowest BCUT2D eigenvalue weighted by molar-refractivity contribution is -0.123.